The molecule has 0 bridgehead atoms. The predicted molar refractivity (Wildman–Crippen MR) is 146 cm³/mol. The first kappa shape index (κ1) is 27.6. The standard InChI is InChI=1S/C29H38F3N5O2/c30-29(31,32)25-5-9-27(10-6-25)36-17-19-37(20-18-36)28(38)39-22-21-33-13-15-34(16-14-33)23-24-3-7-26(8-4-24)35-11-1-2-12-35/h3-10H,1-2,11-23H2. The number of carbonyl (C=O) groups excluding carboxylic acids is 1. The number of carbonyl (C=O) groups is 1. The van der Waals surface area contributed by atoms with Gasteiger partial charge in [0.05, 0.1) is 5.56 Å². The minimum atomic E-state index is -4.34. The Balaban J connectivity index is 0.964. The smallest absolute Gasteiger partial charge is 0.416 e. The number of nitrogens with zero attached hydrogens (tertiary/aromatic N) is 5. The lowest BCUT2D eigenvalue weighted by molar-refractivity contribution is -0.137. The normalized spacial score (nSPS) is 19.5. The van der Waals surface area contributed by atoms with Gasteiger partial charge in [-0.1, -0.05) is 12.1 Å². The maximum absolute atomic E-state index is 12.8. The highest BCUT2D eigenvalue weighted by Crippen LogP contribution is 2.30. The molecule has 10 heteroatoms. The molecule has 0 aliphatic carbocycles. The van der Waals surface area contributed by atoms with Crippen LogP contribution in [0.15, 0.2) is 48.5 Å². The van der Waals surface area contributed by atoms with E-state index in [4.69, 9.17) is 4.74 Å². The molecule has 3 aliphatic rings. The van der Waals surface area contributed by atoms with Gasteiger partial charge in [0.25, 0.3) is 0 Å². The molecule has 0 spiro atoms. The Hall–Kier alpha value is -2.98. The Morgan fingerprint density at radius 3 is 1.82 bits per heavy atom. The molecule has 0 aromatic heterocycles. The number of anilines is 2. The van der Waals surface area contributed by atoms with Crippen molar-refractivity contribution in [1.82, 2.24) is 14.7 Å². The van der Waals surface area contributed by atoms with Crippen molar-refractivity contribution in [3.05, 3.63) is 59.7 Å². The summed E-state index contributed by atoms with van der Waals surface area (Å²) in [5.74, 6) is 0. The zero-order valence-electron chi connectivity index (χ0n) is 22.4. The fourth-order valence-corrected chi connectivity index (χ4v) is 5.58. The van der Waals surface area contributed by atoms with Crippen LogP contribution in [0, 0.1) is 0 Å². The Bertz CT molecular complexity index is 1060. The Morgan fingerprint density at radius 2 is 1.23 bits per heavy atom. The highest BCUT2D eigenvalue weighted by atomic mass is 19.4. The minimum absolute atomic E-state index is 0.321. The van der Waals surface area contributed by atoms with Crippen molar-refractivity contribution in [1.29, 1.82) is 0 Å². The van der Waals surface area contributed by atoms with E-state index in [-0.39, 0.29) is 6.09 Å². The highest BCUT2D eigenvalue weighted by molar-refractivity contribution is 5.68. The van der Waals surface area contributed by atoms with Crippen LogP contribution in [0.1, 0.15) is 24.0 Å². The van der Waals surface area contributed by atoms with Crippen LogP contribution in [-0.4, -0.2) is 99.4 Å². The molecular formula is C29H38F3N5O2. The van der Waals surface area contributed by atoms with E-state index in [1.807, 2.05) is 4.90 Å². The van der Waals surface area contributed by atoms with E-state index in [1.54, 1.807) is 4.90 Å². The third-order valence-electron chi connectivity index (χ3n) is 8.01. The number of hydrogen-bond donors (Lipinski definition) is 0. The maximum Gasteiger partial charge on any atom is 0.416 e. The lowest BCUT2D eigenvalue weighted by Crippen LogP contribution is -2.50. The summed E-state index contributed by atoms with van der Waals surface area (Å²) in [7, 11) is 0. The predicted octanol–water partition coefficient (Wildman–Crippen LogP) is 4.38. The van der Waals surface area contributed by atoms with Crippen molar-refractivity contribution in [3.63, 3.8) is 0 Å². The third kappa shape index (κ3) is 7.36. The second-order valence-corrected chi connectivity index (χ2v) is 10.6. The summed E-state index contributed by atoms with van der Waals surface area (Å²) >= 11 is 0. The van der Waals surface area contributed by atoms with Gasteiger partial charge in [0.1, 0.15) is 6.61 Å². The molecule has 3 saturated heterocycles. The van der Waals surface area contributed by atoms with Crippen molar-refractivity contribution in [2.75, 3.05) is 88.4 Å². The van der Waals surface area contributed by atoms with E-state index in [2.05, 4.69) is 39.0 Å². The number of ether oxygens (including phenoxy) is 1. The fraction of sp³-hybridized carbons (Fsp3) is 0.552. The van der Waals surface area contributed by atoms with E-state index >= 15 is 0 Å². The SMILES string of the molecule is O=C(OCCN1CCN(Cc2ccc(N3CCCC3)cc2)CC1)N1CCN(c2ccc(C(F)(F)F)cc2)CC1. The van der Waals surface area contributed by atoms with Gasteiger partial charge in [-0.05, 0) is 54.8 Å². The largest absolute Gasteiger partial charge is 0.448 e. The van der Waals surface area contributed by atoms with Crippen molar-refractivity contribution in [3.8, 4) is 0 Å². The number of rotatable bonds is 7. The molecule has 0 unspecified atom stereocenters. The first-order valence-corrected chi connectivity index (χ1v) is 14.0. The van der Waals surface area contributed by atoms with Gasteiger partial charge in [0.2, 0.25) is 0 Å². The molecule has 2 aromatic rings. The first-order valence-electron chi connectivity index (χ1n) is 14.0. The van der Waals surface area contributed by atoms with Crippen LogP contribution in [-0.2, 0) is 17.5 Å². The molecular weight excluding hydrogens is 507 g/mol. The van der Waals surface area contributed by atoms with E-state index in [1.165, 1.54) is 49.3 Å². The van der Waals surface area contributed by atoms with Crippen LogP contribution in [0.2, 0.25) is 0 Å². The van der Waals surface area contributed by atoms with Gasteiger partial charge in [0, 0.05) is 89.9 Å². The van der Waals surface area contributed by atoms with Gasteiger partial charge < -0.3 is 19.4 Å². The molecule has 0 saturated carbocycles. The summed E-state index contributed by atoms with van der Waals surface area (Å²) < 4.78 is 43.9. The van der Waals surface area contributed by atoms with Crippen LogP contribution < -0.4 is 9.80 Å². The van der Waals surface area contributed by atoms with E-state index in [0.717, 1.165) is 57.1 Å². The number of amides is 1. The van der Waals surface area contributed by atoms with Gasteiger partial charge in [0.15, 0.2) is 0 Å². The van der Waals surface area contributed by atoms with Crippen LogP contribution in [0.3, 0.4) is 0 Å². The molecule has 7 nitrogen and oxygen atoms in total. The third-order valence-corrected chi connectivity index (χ3v) is 8.01. The van der Waals surface area contributed by atoms with Crippen LogP contribution >= 0.6 is 0 Å². The number of benzene rings is 2. The number of piperazine rings is 2. The van der Waals surface area contributed by atoms with Crippen molar-refractivity contribution < 1.29 is 22.7 Å². The number of halogens is 3. The molecule has 0 atom stereocenters. The number of hydrogen-bond acceptors (Lipinski definition) is 6. The molecule has 0 N–H and O–H groups in total. The van der Waals surface area contributed by atoms with Crippen molar-refractivity contribution >= 4 is 17.5 Å². The van der Waals surface area contributed by atoms with Crippen LogP contribution in [0.5, 0.6) is 0 Å². The van der Waals surface area contributed by atoms with Crippen LogP contribution in [0.25, 0.3) is 0 Å². The second-order valence-electron chi connectivity index (χ2n) is 10.6. The topological polar surface area (TPSA) is 42.5 Å². The van der Waals surface area contributed by atoms with Gasteiger partial charge >= 0.3 is 12.3 Å². The first-order chi connectivity index (χ1) is 18.8. The van der Waals surface area contributed by atoms with Crippen molar-refractivity contribution in [2.24, 2.45) is 0 Å². The lowest BCUT2D eigenvalue weighted by atomic mass is 10.1. The molecule has 39 heavy (non-hydrogen) atoms. The van der Waals surface area contributed by atoms with E-state index in [9.17, 15) is 18.0 Å². The molecule has 3 fully saturated rings. The van der Waals surface area contributed by atoms with Gasteiger partial charge in [-0.3, -0.25) is 9.80 Å². The van der Waals surface area contributed by atoms with Gasteiger partial charge in [-0.25, -0.2) is 4.79 Å². The molecule has 1 amide bonds. The average molecular weight is 546 g/mol. The monoisotopic (exact) mass is 545 g/mol. The summed E-state index contributed by atoms with van der Waals surface area (Å²) in [5.41, 5.74) is 2.75. The van der Waals surface area contributed by atoms with Crippen LogP contribution in [0.4, 0.5) is 29.3 Å². The summed E-state index contributed by atoms with van der Waals surface area (Å²) in [6.45, 7) is 10.3. The molecule has 2 aromatic carbocycles. The van der Waals surface area contributed by atoms with Gasteiger partial charge in [-0.15, -0.1) is 0 Å². The Labute approximate surface area is 228 Å². The zero-order valence-corrected chi connectivity index (χ0v) is 22.4. The second kappa shape index (κ2) is 12.5. The molecule has 3 aliphatic heterocycles. The number of alkyl halides is 3. The maximum atomic E-state index is 12.8. The highest BCUT2D eigenvalue weighted by Gasteiger charge is 2.30. The van der Waals surface area contributed by atoms with E-state index in [0.29, 0.717) is 32.8 Å². The lowest BCUT2D eigenvalue weighted by Gasteiger charge is -2.36. The Kier molecular flexibility index (Phi) is 8.82. The fourth-order valence-electron chi connectivity index (χ4n) is 5.58. The summed E-state index contributed by atoms with van der Waals surface area (Å²) in [6, 6.07) is 14.2. The minimum Gasteiger partial charge on any atom is -0.448 e. The summed E-state index contributed by atoms with van der Waals surface area (Å²) in [4.78, 5) is 23.5. The zero-order chi connectivity index (χ0) is 27.2. The average Bonchev–Trinajstić information content (AvgIpc) is 3.49. The molecule has 212 valence electrons. The van der Waals surface area contributed by atoms with Gasteiger partial charge in [-0.2, -0.15) is 13.2 Å². The molecule has 5 rings (SSSR count). The summed E-state index contributed by atoms with van der Waals surface area (Å²) in [5, 5.41) is 0. The summed E-state index contributed by atoms with van der Waals surface area (Å²) in [6.07, 6.45) is -2.08. The van der Waals surface area contributed by atoms with Crippen molar-refractivity contribution in [2.45, 2.75) is 25.6 Å². The quantitative estimate of drug-likeness (QED) is 0.515. The molecule has 3 heterocycles. The van der Waals surface area contributed by atoms with E-state index < -0.39 is 11.7 Å². The molecule has 0 radical (unpaired) electrons. The Morgan fingerprint density at radius 1 is 0.692 bits per heavy atom.